The third-order valence-electron chi connectivity index (χ3n) is 4.86. The van der Waals surface area contributed by atoms with E-state index < -0.39 is 30.1 Å². The Labute approximate surface area is 160 Å². The number of allylic oxidation sites excluding steroid dienone is 2. The smallest absolute Gasteiger partial charge is 0.264 e. The van der Waals surface area contributed by atoms with Gasteiger partial charge in [-0.05, 0) is 50.4 Å². The van der Waals surface area contributed by atoms with Gasteiger partial charge in [0.05, 0.1) is 18.4 Å². The quantitative estimate of drug-likeness (QED) is 0.125. The molecule has 0 aliphatic heterocycles. The second-order valence-electron chi connectivity index (χ2n) is 8.73. The molecule has 0 saturated carbocycles. The SMILES string of the molecule is CC(C)=CCC[C@@](C)(N=[N+]=[N-])[C@@H](CO[Si](C)(C)C(C)(C)C)OS(C)(=O)=O. The van der Waals surface area contributed by atoms with Crippen LogP contribution in [0.4, 0.5) is 0 Å². The summed E-state index contributed by atoms with van der Waals surface area (Å²) in [6.07, 6.45) is 3.26. The standard InChI is InChI=1S/C17H35N3O4SSi/c1-14(2)11-10-12-17(6,19-20-18)15(24-25(7,21)22)13-23-26(8,9)16(3,4)5/h11,15H,10,12-13H2,1-9H3/t15-,17-/m1/s1. The first-order valence-corrected chi connectivity index (χ1v) is 13.5. The molecule has 0 unspecified atom stereocenters. The van der Waals surface area contributed by atoms with Gasteiger partial charge in [-0.25, -0.2) is 0 Å². The zero-order valence-corrected chi connectivity index (χ0v) is 19.5. The molecule has 0 rings (SSSR count). The highest BCUT2D eigenvalue weighted by atomic mass is 32.2. The molecule has 0 N–H and O–H groups in total. The fourth-order valence-corrected chi connectivity index (χ4v) is 3.74. The van der Waals surface area contributed by atoms with Crippen LogP contribution >= 0.6 is 0 Å². The molecule has 0 saturated heterocycles. The van der Waals surface area contributed by atoms with Crippen LogP contribution in [0.2, 0.25) is 18.1 Å². The summed E-state index contributed by atoms with van der Waals surface area (Å²) in [6.45, 7) is 16.2. The van der Waals surface area contributed by atoms with Crippen LogP contribution in [0.15, 0.2) is 16.8 Å². The largest absolute Gasteiger partial charge is 0.414 e. The number of rotatable bonds is 10. The van der Waals surface area contributed by atoms with E-state index in [0.717, 1.165) is 11.8 Å². The summed E-state index contributed by atoms with van der Waals surface area (Å²) >= 11 is 0. The maximum Gasteiger partial charge on any atom is 0.264 e. The molecular weight excluding hydrogens is 370 g/mol. The molecule has 0 aromatic rings. The lowest BCUT2D eigenvalue weighted by Crippen LogP contribution is -2.48. The fourth-order valence-electron chi connectivity index (χ4n) is 2.05. The van der Waals surface area contributed by atoms with Crippen molar-refractivity contribution in [1.29, 1.82) is 0 Å². The Bertz CT molecular complexity index is 645. The van der Waals surface area contributed by atoms with Crippen LogP contribution in [-0.4, -0.2) is 41.2 Å². The third-order valence-corrected chi connectivity index (χ3v) is 9.95. The predicted octanol–water partition coefficient (Wildman–Crippen LogP) is 5.17. The van der Waals surface area contributed by atoms with Crippen molar-refractivity contribution in [2.45, 2.75) is 84.2 Å². The van der Waals surface area contributed by atoms with E-state index in [4.69, 9.17) is 14.1 Å². The monoisotopic (exact) mass is 405 g/mol. The highest BCUT2D eigenvalue weighted by molar-refractivity contribution is 7.86. The van der Waals surface area contributed by atoms with E-state index in [2.05, 4.69) is 43.9 Å². The van der Waals surface area contributed by atoms with Crippen molar-refractivity contribution < 1.29 is 17.0 Å². The summed E-state index contributed by atoms with van der Waals surface area (Å²) in [6, 6.07) is 0. The Morgan fingerprint density at radius 1 is 1.27 bits per heavy atom. The summed E-state index contributed by atoms with van der Waals surface area (Å²) in [5, 5.41) is 3.87. The highest BCUT2D eigenvalue weighted by Gasteiger charge is 2.42. The van der Waals surface area contributed by atoms with Gasteiger partial charge in [0.2, 0.25) is 0 Å². The number of azide groups is 1. The molecule has 0 radical (unpaired) electrons. The second-order valence-corrected chi connectivity index (χ2v) is 15.1. The van der Waals surface area contributed by atoms with Crippen LogP contribution in [0.5, 0.6) is 0 Å². The molecule has 0 aliphatic carbocycles. The molecule has 0 spiro atoms. The summed E-state index contributed by atoms with van der Waals surface area (Å²) in [5.41, 5.74) is 9.13. The lowest BCUT2D eigenvalue weighted by atomic mass is 9.90. The molecule has 152 valence electrons. The molecule has 2 atom stereocenters. The van der Waals surface area contributed by atoms with E-state index in [1.807, 2.05) is 19.9 Å². The fraction of sp³-hybridized carbons (Fsp3) is 0.882. The Balaban J connectivity index is 5.66. The topological polar surface area (TPSA) is 101 Å². The summed E-state index contributed by atoms with van der Waals surface area (Å²) < 4.78 is 35.0. The molecule has 7 nitrogen and oxygen atoms in total. The van der Waals surface area contributed by atoms with Gasteiger partial charge in [0, 0.05) is 4.91 Å². The van der Waals surface area contributed by atoms with E-state index in [-0.39, 0.29) is 11.6 Å². The highest BCUT2D eigenvalue weighted by Crippen LogP contribution is 2.37. The predicted molar refractivity (Wildman–Crippen MR) is 109 cm³/mol. The summed E-state index contributed by atoms with van der Waals surface area (Å²) in [5.74, 6) is 0. The second kappa shape index (κ2) is 9.37. The van der Waals surface area contributed by atoms with Crippen molar-refractivity contribution in [1.82, 2.24) is 0 Å². The van der Waals surface area contributed by atoms with E-state index in [9.17, 15) is 8.42 Å². The van der Waals surface area contributed by atoms with Gasteiger partial charge < -0.3 is 4.43 Å². The summed E-state index contributed by atoms with van der Waals surface area (Å²) in [4.78, 5) is 2.93. The van der Waals surface area contributed by atoms with Crippen molar-refractivity contribution in [3.05, 3.63) is 22.1 Å². The van der Waals surface area contributed by atoms with Crippen LogP contribution in [0, 0.1) is 0 Å². The first kappa shape index (κ1) is 25.1. The van der Waals surface area contributed by atoms with E-state index in [1.54, 1.807) is 6.92 Å². The van der Waals surface area contributed by atoms with E-state index >= 15 is 0 Å². The maximum atomic E-state index is 11.8. The van der Waals surface area contributed by atoms with Gasteiger partial charge >= 0.3 is 0 Å². The molecule has 0 aromatic heterocycles. The molecule has 0 fully saturated rings. The number of hydrogen-bond donors (Lipinski definition) is 0. The van der Waals surface area contributed by atoms with Gasteiger partial charge in [0.25, 0.3) is 10.1 Å². The molecule has 0 aliphatic rings. The van der Waals surface area contributed by atoms with E-state index in [1.165, 1.54) is 0 Å². The summed E-state index contributed by atoms with van der Waals surface area (Å²) in [7, 11) is -5.85. The van der Waals surface area contributed by atoms with Crippen LogP contribution in [-0.2, 0) is 18.7 Å². The Morgan fingerprint density at radius 2 is 1.81 bits per heavy atom. The minimum atomic E-state index is -3.73. The van der Waals surface area contributed by atoms with Crippen molar-refractivity contribution in [2.75, 3.05) is 12.9 Å². The average Bonchev–Trinajstić information content (AvgIpc) is 2.40. The van der Waals surface area contributed by atoms with Crippen molar-refractivity contribution in [3.63, 3.8) is 0 Å². The van der Waals surface area contributed by atoms with Gasteiger partial charge in [0.1, 0.15) is 6.10 Å². The van der Waals surface area contributed by atoms with Crippen LogP contribution in [0.25, 0.3) is 10.4 Å². The van der Waals surface area contributed by atoms with Crippen LogP contribution < -0.4 is 0 Å². The van der Waals surface area contributed by atoms with Crippen molar-refractivity contribution in [3.8, 4) is 0 Å². The van der Waals surface area contributed by atoms with Crippen molar-refractivity contribution in [2.24, 2.45) is 5.11 Å². The Morgan fingerprint density at radius 3 is 2.19 bits per heavy atom. The zero-order valence-electron chi connectivity index (χ0n) is 17.7. The Hall–Kier alpha value is -0.863. The van der Waals surface area contributed by atoms with Crippen LogP contribution in [0.1, 0.15) is 54.4 Å². The first-order chi connectivity index (χ1) is 11.5. The molecule has 0 heterocycles. The molecule has 9 heteroatoms. The minimum absolute atomic E-state index is 0.0282. The van der Waals surface area contributed by atoms with Gasteiger partial charge in [-0.15, -0.1) is 0 Å². The van der Waals surface area contributed by atoms with Gasteiger partial charge in [-0.2, -0.15) is 8.42 Å². The minimum Gasteiger partial charge on any atom is -0.414 e. The lowest BCUT2D eigenvalue weighted by molar-refractivity contribution is 0.0644. The normalized spacial score (nSPS) is 16.3. The molecular formula is C17H35N3O4SSi. The van der Waals surface area contributed by atoms with E-state index in [0.29, 0.717) is 12.8 Å². The average molecular weight is 406 g/mol. The maximum absolute atomic E-state index is 11.8. The lowest BCUT2D eigenvalue weighted by Gasteiger charge is -2.39. The number of hydrogen-bond acceptors (Lipinski definition) is 5. The first-order valence-electron chi connectivity index (χ1n) is 8.76. The van der Waals surface area contributed by atoms with Gasteiger partial charge in [-0.3, -0.25) is 4.18 Å². The van der Waals surface area contributed by atoms with Crippen LogP contribution in [0.3, 0.4) is 0 Å². The Kier molecular flexibility index (Phi) is 9.06. The zero-order chi connectivity index (χ0) is 20.8. The molecule has 0 bridgehead atoms. The molecule has 0 amide bonds. The third kappa shape index (κ3) is 8.68. The van der Waals surface area contributed by atoms with Gasteiger partial charge in [0.15, 0.2) is 8.32 Å². The molecule has 26 heavy (non-hydrogen) atoms. The molecule has 0 aromatic carbocycles. The van der Waals surface area contributed by atoms with Crippen molar-refractivity contribution >= 4 is 18.4 Å². The van der Waals surface area contributed by atoms with Gasteiger partial charge in [-0.1, -0.05) is 44.5 Å². The number of nitrogens with zero attached hydrogens (tertiary/aromatic N) is 3.